The second-order valence-electron chi connectivity index (χ2n) is 6.83. The lowest BCUT2D eigenvalue weighted by atomic mass is 9.85. The van der Waals surface area contributed by atoms with Crippen LogP contribution in [0, 0.1) is 5.41 Å². The fraction of sp³-hybridized carbons (Fsp3) is 0.647. The molecule has 1 aromatic carbocycles. The van der Waals surface area contributed by atoms with Crippen molar-refractivity contribution in [1.29, 1.82) is 0 Å². The quantitative estimate of drug-likeness (QED) is 0.897. The number of nitrogens with one attached hydrogen (secondary N) is 1. The molecule has 3 unspecified atom stereocenters. The molecule has 1 aromatic rings. The molecule has 1 saturated carbocycles. The van der Waals surface area contributed by atoms with Crippen LogP contribution in [0.5, 0.6) is 0 Å². The summed E-state index contributed by atoms with van der Waals surface area (Å²) >= 11 is 0. The third-order valence-corrected chi connectivity index (χ3v) is 4.91. The predicted octanol–water partition coefficient (Wildman–Crippen LogP) is 3.47. The van der Waals surface area contributed by atoms with E-state index >= 15 is 0 Å². The summed E-state index contributed by atoms with van der Waals surface area (Å²) in [4.78, 5) is 0. The van der Waals surface area contributed by atoms with E-state index in [4.69, 9.17) is 4.74 Å². The van der Waals surface area contributed by atoms with E-state index in [1.54, 1.807) is 0 Å². The molecule has 0 saturated heterocycles. The smallest absolute Gasteiger partial charge is 0.0586 e. The Bertz CT molecular complexity index is 454. The molecule has 0 bridgehead atoms. The average molecular weight is 259 g/mol. The van der Waals surface area contributed by atoms with E-state index in [0.29, 0.717) is 23.6 Å². The van der Waals surface area contributed by atoms with Gasteiger partial charge >= 0.3 is 0 Å². The number of hydrogen-bond donors (Lipinski definition) is 1. The van der Waals surface area contributed by atoms with Gasteiger partial charge in [-0.15, -0.1) is 0 Å². The fourth-order valence-corrected chi connectivity index (χ4v) is 3.85. The Kier molecular flexibility index (Phi) is 3.40. The van der Waals surface area contributed by atoms with Crippen LogP contribution in [-0.4, -0.2) is 19.3 Å². The van der Waals surface area contributed by atoms with Crippen LogP contribution in [0.15, 0.2) is 24.3 Å². The van der Waals surface area contributed by atoms with Crippen molar-refractivity contribution in [2.45, 2.75) is 57.7 Å². The summed E-state index contributed by atoms with van der Waals surface area (Å²) in [7, 11) is 1.84. The Hall–Kier alpha value is -0.860. The van der Waals surface area contributed by atoms with Gasteiger partial charge in [-0.2, -0.15) is 0 Å². The first kappa shape index (κ1) is 13.1. The Morgan fingerprint density at radius 3 is 2.74 bits per heavy atom. The molecular weight excluding hydrogens is 234 g/mol. The minimum atomic E-state index is 0.314. The van der Waals surface area contributed by atoms with E-state index in [2.05, 4.69) is 43.4 Å². The Morgan fingerprint density at radius 1 is 1.21 bits per heavy atom. The summed E-state index contributed by atoms with van der Waals surface area (Å²) in [6, 6.07) is 10.0. The maximum atomic E-state index is 5.49. The van der Waals surface area contributed by atoms with Crippen molar-refractivity contribution in [3.8, 4) is 0 Å². The molecule has 0 aromatic heterocycles. The summed E-state index contributed by atoms with van der Waals surface area (Å²) in [6.07, 6.45) is 5.24. The predicted molar refractivity (Wildman–Crippen MR) is 78.2 cm³/mol. The number of benzene rings is 1. The second-order valence-corrected chi connectivity index (χ2v) is 6.83. The summed E-state index contributed by atoms with van der Waals surface area (Å²) in [5.41, 5.74) is 3.34. The molecule has 0 amide bonds. The average Bonchev–Trinajstić information content (AvgIpc) is 2.93. The maximum absolute atomic E-state index is 5.49. The van der Waals surface area contributed by atoms with Gasteiger partial charge in [0.1, 0.15) is 0 Å². The van der Waals surface area contributed by atoms with Crippen LogP contribution in [0.4, 0.5) is 0 Å². The Morgan fingerprint density at radius 2 is 2.00 bits per heavy atom. The van der Waals surface area contributed by atoms with Crippen molar-refractivity contribution in [3.63, 3.8) is 0 Å². The van der Waals surface area contributed by atoms with Crippen LogP contribution in [0.2, 0.25) is 0 Å². The number of ether oxygens (including phenoxy) is 1. The third kappa shape index (κ3) is 2.44. The van der Waals surface area contributed by atoms with Crippen LogP contribution in [0.3, 0.4) is 0 Å². The van der Waals surface area contributed by atoms with E-state index in [1.165, 1.54) is 30.4 Å². The van der Waals surface area contributed by atoms with Crippen molar-refractivity contribution in [3.05, 3.63) is 35.4 Å². The van der Waals surface area contributed by atoms with Gasteiger partial charge in [-0.05, 0) is 42.2 Å². The highest BCUT2D eigenvalue weighted by atomic mass is 16.5. The SMILES string of the molecule is COC1CCC(NC2c3ccccc3CC2(C)C)C1. The summed E-state index contributed by atoms with van der Waals surface area (Å²) in [5, 5.41) is 3.91. The van der Waals surface area contributed by atoms with Gasteiger partial charge in [0.2, 0.25) is 0 Å². The zero-order valence-electron chi connectivity index (χ0n) is 12.3. The van der Waals surface area contributed by atoms with Crippen LogP contribution < -0.4 is 5.32 Å². The number of methoxy groups -OCH3 is 1. The lowest BCUT2D eigenvalue weighted by Crippen LogP contribution is -2.37. The molecule has 0 heterocycles. The van der Waals surface area contributed by atoms with Crippen molar-refractivity contribution < 1.29 is 4.74 Å². The summed E-state index contributed by atoms with van der Waals surface area (Å²) in [6.45, 7) is 4.76. The van der Waals surface area contributed by atoms with Gasteiger partial charge in [-0.3, -0.25) is 0 Å². The minimum Gasteiger partial charge on any atom is -0.381 e. The number of rotatable bonds is 3. The zero-order chi connectivity index (χ0) is 13.5. The lowest BCUT2D eigenvalue weighted by Gasteiger charge is -2.31. The number of hydrogen-bond acceptors (Lipinski definition) is 2. The molecule has 3 atom stereocenters. The van der Waals surface area contributed by atoms with Gasteiger partial charge in [0.15, 0.2) is 0 Å². The van der Waals surface area contributed by atoms with Gasteiger partial charge in [-0.25, -0.2) is 0 Å². The lowest BCUT2D eigenvalue weighted by molar-refractivity contribution is 0.105. The van der Waals surface area contributed by atoms with Gasteiger partial charge in [-0.1, -0.05) is 38.1 Å². The maximum Gasteiger partial charge on any atom is 0.0586 e. The molecule has 0 radical (unpaired) electrons. The molecule has 2 aliphatic rings. The molecule has 104 valence electrons. The molecule has 2 aliphatic carbocycles. The van der Waals surface area contributed by atoms with E-state index in [-0.39, 0.29) is 0 Å². The van der Waals surface area contributed by atoms with Gasteiger partial charge in [0, 0.05) is 19.2 Å². The van der Waals surface area contributed by atoms with Gasteiger partial charge < -0.3 is 10.1 Å². The standard InChI is InChI=1S/C17H25NO/c1-17(2)11-12-6-4-5-7-15(12)16(17)18-13-8-9-14(10-13)19-3/h4-7,13-14,16,18H,8-11H2,1-3H3. The molecule has 0 aliphatic heterocycles. The monoisotopic (exact) mass is 259 g/mol. The Balaban J connectivity index is 1.76. The van der Waals surface area contributed by atoms with Crippen LogP contribution in [-0.2, 0) is 11.2 Å². The molecule has 0 spiro atoms. The summed E-state index contributed by atoms with van der Waals surface area (Å²) < 4.78 is 5.49. The largest absolute Gasteiger partial charge is 0.381 e. The topological polar surface area (TPSA) is 21.3 Å². The zero-order valence-corrected chi connectivity index (χ0v) is 12.3. The van der Waals surface area contributed by atoms with Crippen molar-refractivity contribution in [1.82, 2.24) is 5.32 Å². The number of fused-ring (bicyclic) bond motifs is 1. The van der Waals surface area contributed by atoms with E-state index in [0.717, 1.165) is 6.42 Å². The fourth-order valence-electron chi connectivity index (χ4n) is 3.85. The van der Waals surface area contributed by atoms with Gasteiger partial charge in [0.25, 0.3) is 0 Å². The first-order valence-corrected chi connectivity index (χ1v) is 7.47. The van der Waals surface area contributed by atoms with E-state index in [9.17, 15) is 0 Å². The molecule has 19 heavy (non-hydrogen) atoms. The van der Waals surface area contributed by atoms with E-state index in [1.807, 2.05) is 7.11 Å². The van der Waals surface area contributed by atoms with Crippen LogP contribution in [0.1, 0.15) is 50.3 Å². The van der Waals surface area contributed by atoms with Crippen molar-refractivity contribution in [2.75, 3.05) is 7.11 Å². The first-order chi connectivity index (χ1) is 9.10. The van der Waals surface area contributed by atoms with Crippen LogP contribution in [0.25, 0.3) is 0 Å². The van der Waals surface area contributed by atoms with E-state index < -0.39 is 0 Å². The van der Waals surface area contributed by atoms with Crippen molar-refractivity contribution >= 4 is 0 Å². The molecule has 2 heteroatoms. The highest BCUT2D eigenvalue weighted by molar-refractivity contribution is 5.37. The molecule has 1 fully saturated rings. The molecule has 1 N–H and O–H groups in total. The molecular formula is C17H25NO. The first-order valence-electron chi connectivity index (χ1n) is 7.47. The molecule has 2 nitrogen and oxygen atoms in total. The Labute approximate surface area is 116 Å². The second kappa shape index (κ2) is 4.92. The van der Waals surface area contributed by atoms with Crippen LogP contribution >= 0.6 is 0 Å². The summed E-state index contributed by atoms with van der Waals surface area (Å²) in [5.74, 6) is 0. The third-order valence-electron chi connectivity index (χ3n) is 4.91. The highest BCUT2D eigenvalue weighted by Crippen LogP contribution is 2.45. The highest BCUT2D eigenvalue weighted by Gasteiger charge is 2.40. The minimum absolute atomic E-state index is 0.314. The molecule has 3 rings (SSSR count). The van der Waals surface area contributed by atoms with Gasteiger partial charge in [0.05, 0.1) is 6.10 Å². The van der Waals surface area contributed by atoms with Crippen molar-refractivity contribution in [2.24, 2.45) is 5.41 Å². The normalized spacial score (nSPS) is 32.5.